The first kappa shape index (κ1) is 11.2. The molecule has 78 valence electrons. The van der Waals surface area contributed by atoms with Crippen LogP contribution in [0.2, 0.25) is 0 Å². The molecule has 1 aromatic rings. The maximum Gasteiger partial charge on any atom is 0.223 e. The minimum absolute atomic E-state index is 0.0109. The second kappa shape index (κ2) is 5.11. The summed E-state index contributed by atoms with van der Waals surface area (Å²) in [6.45, 7) is 1.79. The van der Waals surface area contributed by atoms with E-state index in [1.807, 2.05) is 0 Å². The molecule has 0 radical (unpaired) electrons. The van der Waals surface area contributed by atoms with E-state index in [4.69, 9.17) is 5.11 Å². The highest BCUT2D eigenvalue weighted by atomic mass is 32.2. The smallest absolute Gasteiger partial charge is 0.223 e. The molecule has 0 aromatic carbocycles. The summed E-state index contributed by atoms with van der Waals surface area (Å²) in [4.78, 5) is 7.65. The van der Waals surface area contributed by atoms with Gasteiger partial charge in [-0.2, -0.15) is 0 Å². The van der Waals surface area contributed by atoms with Crippen LogP contribution in [-0.2, 0) is 0 Å². The molecule has 6 heteroatoms. The van der Waals surface area contributed by atoms with Gasteiger partial charge in [-0.25, -0.2) is 14.4 Å². The summed E-state index contributed by atoms with van der Waals surface area (Å²) < 4.78 is 13.1. The van der Waals surface area contributed by atoms with E-state index < -0.39 is 5.82 Å². The van der Waals surface area contributed by atoms with Crippen LogP contribution in [0.25, 0.3) is 0 Å². The molecule has 0 spiro atoms. The average Bonchev–Trinajstić information content (AvgIpc) is 2.21. The first-order valence-electron chi connectivity index (χ1n) is 4.15. The van der Waals surface area contributed by atoms with E-state index in [0.29, 0.717) is 5.95 Å². The molecule has 0 fully saturated rings. The fraction of sp³-hybridized carbons (Fsp3) is 0.500. The normalized spacial score (nSPS) is 12.6. The Morgan fingerprint density at radius 3 is 3.00 bits per heavy atom. The zero-order valence-electron chi connectivity index (χ0n) is 7.99. The molecule has 0 amide bonds. The number of anilines is 1. The van der Waals surface area contributed by atoms with Gasteiger partial charge < -0.3 is 10.4 Å². The SMILES string of the molecule is CNc1ncc(F)c(SC(C)CO)n1. The Morgan fingerprint density at radius 2 is 2.43 bits per heavy atom. The Bertz CT molecular complexity index is 311. The van der Waals surface area contributed by atoms with Crippen LogP contribution in [0.5, 0.6) is 0 Å². The Hall–Kier alpha value is -0.880. The molecule has 2 N–H and O–H groups in total. The largest absolute Gasteiger partial charge is 0.395 e. The Morgan fingerprint density at radius 1 is 1.71 bits per heavy atom. The number of rotatable bonds is 4. The number of aromatic nitrogens is 2. The third-order valence-corrected chi connectivity index (χ3v) is 2.57. The van der Waals surface area contributed by atoms with Crippen molar-refractivity contribution in [3.05, 3.63) is 12.0 Å². The van der Waals surface area contributed by atoms with E-state index in [9.17, 15) is 4.39 Å². The molecule has 1 atom stereocenters. The number of aliphatic hydroxyl groups excluding tert-OH is 1. The molecule has 1 unspecified atom stereocenters. The van der Waals surface area contributed by atoms with Crippen molar-refractivity contribution in [3.8, 4) is 0 Å². The minimum Gasteiger partial charge on any atom is -0.395 e. The fourth-order valence-corrected chi connectivity index (χ4v) is 1.54. The van der Waals surface area contributed by atoms with Gasteiger partial charge in [-0.15, -0.1) is 0 Å². The lowest BCUT2D eigenvalue weighted by atomic mass is 10.5. The zero-order valence-corrected chi connectivity index (χ0v) is 8.81. The van der Waals surface area contributed by atoms with Gasteiger partial charge in [-0.05, 0) is 0 Å². The Labute approximate surface area is 86.0 Å². The summed E-state index contributed by atoms with van der Waals surface area (Å²) >= 11 is 1.18. The van der Waals surface area contributed by atoms with Gasteiger partial charge >= 0.3 is 0 Å². The highest BCUT2D eigenvalue weighted by Crippen LogP contribution is 2.23. The molecule has 0 saturated heterocycles. The standard InChI is InChI=1S/C8H12FN3OS/c1-5(4-13)14-7-6(9)3-11-8(10-2)12-7/h3,5,13H,4H2,1-2H3,(H,10,11,12). The molecule has 4 nitrogen and oxygen atoms in total. The van der Waals surface area contributed by atoms with Crippen LogP contribution >= 0.6 is 11.8 Å². The highest BCUT2D eigenvalue weighted by molar-refractivity contribution is 7.99. The molecule has 0 saturated carbocycles. The van der Waals surface area contributed by atoms with Crippen molar-refractivity contribution in [1.82, 2.24) is 9.97 Å². The van der Waals surface area contributed by atoms with Gasteiger partial charge in [0.25, 0.3) is 0 Å². The lowest BCUT2D eigenvalue weighted by Crippen LogP contribution is -2.05. The number of aliphatic hydroxyl groups is 1. The van der Waals surface area contributed by atoms with E-state index in [2.05, 4.69) is 15.3 Å². The summed E-state index contributed by atoms with van der Waals surface area (Å²) in [5.41, 5.74) is 0. The Balaban J connectivity index is 2.83. The van der Waals surface area contributed by atoms with Crippen molar-refractivity contribution in [2.45, 2.75) is 17.2 Å². The molecular formula is C8H12FN3OS. The number of thioether (sulfide) groups is 1. The summed E-state index contributed by atoms with van der Waals surface area (Å²) in [6.07, 6.45) is 1.12. The first-order chi connectivity index (χ1) is 6.67. The topological polar surface area (TPSA) is 58.0 Å². The molecule has 0 aliphatic rings. The van der Waals surface area contributed by atoms with Gasteiger partial charge in [0, 0.05) is 12.3 Å². The van der Waals surface area contributed by atoms with Crippen LogP contribution in [0, 0.1) is 5.82 Å². The quantitative estimate of drug-likeness (QED) is 0.585. The van der Waals surface area contributed by atoms with Crippen LogP contribution < -0.4 is 5.32 Å². The van der Waals surface area contributed by atoms with Gasteiger partial charge in [-0.1, -0.05) is 18.7 Å². The van der Waals surface area contributed by atoms with Crippen LogP contribution in [0.3, 0.4) is 0 Å². The second-order valence-electron chi connectivity index (χ2n) is 2.71. The van der Waals surface area contributed by atoms with Crippen LogP contribution in [0.15, 0.2) is 11.2 Å². The molecule has 14 heavy (non-hydrogen) atoms. The lowest BCUT2D eigenvalue weighted by Gasteiger charge is -2.08. The van der Waals surface area contributed by atoms with Crippen molar-refractivity contribution < 1.29 is 9.50 Å². The van der Waals surface area contributed by atoms with Crippen molar-refractivity contribution in [3.63, 3.8) is 0 Å². The number of nitrogens with one attached hydrogen (secondary N) is 1. The van der Waals surface area contributed by atoms with E-state index in [-0.39, 0.29) is 16.9 Å². The van der Waals surface area contributed by atoms with Crippen LogP contribution in [0.4, 0.5) is 10.3 Å². The molecule has 0 bridgehead atoms. The van der Waals surface area contributed by atoms with Crippen LogP contribution in [-0.4, -0.2) is 34.0 Å². The predicted molar refractivity (Wildman–Crippen MR) is 53.9 cm³/mol. The molecular weight excluding hydrogens is 205 g/mol. The summed E-state index contributed by atoms with van der Waals surface area (Å²) in [5, 5.41) is 11.7. The second-order valence-corrected chi connectivity index (χ2v) is 4.13. The number of nitrogens with zero attached hydrogens (tertiary/aromatic N) is 2. The monoisotopic (exact) mass is 217 g/mol. The van der Waals surface area contributed by atoms with E-state index in [0.717, 1.165) is 6.20 Å². The molecule has 0 aliphatic heterocycles. The Kier molecular flexibility index (Phi) is 4.09. The van der Waals surface area contributed by atoms with E-state index in [1.165, 1.54) is 11.8 Å². The van der Waals surface area contributed by atoms with Gasteiger partial charge in [0.05, 0.1) is 12.8 Å². The molecule has 1 heterocycles. The number of hydrogen-bond donors (Lipinski definition) is 2. The fourth-order valence-electron chi connectivity index (χ4n) is 0.782. The summed E-state index contributed by atoms with van der Waals surface area (Å²) in [6, 6.07) is 0. The molecule has 0 aliphatic carbocycles. The number of halogens is 1. The predicted octanol–water partition coefficient (Wildman–Crippen LogP) is 1.13. The van der Waals surface area contributed by atoms with Crippen LogP contribution in [0.1, 0.15) is 6.92 Å². The van der Waals surface area contributed by atoms with Gasteiger partial charge in [0.1, 0.15) is 5.03 Å². The third kappa shape index (κ3) is 2.81. The zero-order chi connectivity index (χ0) is 10.6. The van der Waals surface area contributed by atoms with Crippen molar-refractivity contribution in [1.29, 1.82) is 0 Å². The lowest BCUT2D eigenvalue weighted by molar-refractivity contribution is 0.300. The van der Waals surface area contributed by atoms with E-state index in [1.54, 1.807) is 14.0 Å². The summed E-state index contributed by atoms with van der Waals surface area (Å²) in [5.74, 6) is -0.0895. The van der Waals surface area contributed by atoms with E-state index >= 15 is 0 Å². The van der Waals surface area contributed by atoms with Gasteiger partial charge in [-0.3, -0.25) is 0 Å². The molecule has 1 rings (SSSR count). The average molecular weight is 217 g/mol. The van der Waals surface area contributed by atoms with Crippen molar-refractivity contribution >= 4 is 17.7 Å². The van der Waals surface area contributed by atoms with Crippen molar-refractivity contribution in [2.75, 3.05) is 19.0 Å². The minimum atomic E-state index is -0.464. The first-order valence-corrected chi connectivity index (χ1v) is 5.03. The number of hydrogen-bond acceptors (Lipinski definition) is 5. The maximum atomic E-state index is 13.1. The molecule has 1 aromatic heterocycles. The summed E-state index contributed by atoms with van der Waals surface area (Å²) in [7, 11) is 1.66. The maximum absolute atomic E-state index is 13.1. The third-order valence-electron chi connectivity index (χ3n) is 1.51. The highest BCUT2D eigenvalue weighted by Gasteiger charge is 2.10. The van der Waals surface area contributed by atoms with Gasteiger partial charge in [0.15, 0.2) is 5.82 Å². The van der Waals surface area contributed by atoms with Crippen molar-refractivity contribution in [2.24, 2.45) is 0 Å². The van der Waals surface area contributed by atoms with Gasteiger partial charge in [0.2, 0.25) is 5.95 Å².